The van der Waals surface area contributed by atoms with Crippen molar-refractivity contribution in [2.24, 2.45) is 7.05 Å². The van der Waals surface area contributed by atoms with Gasteiger partial charge in [-0.3, -0.25) is 4.90 Å². The van der Waals surface area contributed by atoms with Crippen LogP contribution in [0.15, 0.2) is 35.5 Å². The van der Waals surface area contributed by atoms with Crippen molar-refractivity contribution < 1.29 is 17.9 Å². The van der Waals surface area contributed by atoms with Crippen molar-refractivity contribution >= 4 is 11.8 Å². The number of thioether (sulfide) groups is 1. The highest BCUT2D eigenvalue weighted by Crippen LogP contribution is 2.42. The van der Waals surface area contributed by atoms with E-state index in [1.54, 1.807) is 18.3 Å². The lowest BCUT2D eigenvalue weighted by atomic mass is 10.1. The maximum atomic E-state index is 12.8. The quantitative estimate of drug-likeness (QED) is 0.800. The average molecular weight is 386 g/mol. The molecule has 142 valence electrons. The number of halogens is 3. The SMILES string of the molecule is COc1ccc(CN2CCNCC2c2nccn2C)cc1SC(F)(F)F. The molecule has 26 heavy (non-hydrogen) atoms. The van der Waals surface area contributed by atoms with E-state index < -0.39 is 5.51 Å². The predicted octanol–water partition coefficient (Wildman–Crippen LogP) is 3.19. The molecule has 1 aliphatic heterocycles. The second-order valence-corrected chi connectivity index (χ2v) is 7.23. The molecule has 1 aromatic carbocycles. The topological polar surface area (TPSA) is 42.3 Å². The number of ether oxygens (including phenoxy) is 1. The lowest BCUT2D eigenvalue weighted by Crippen LogP contribution is -2.46. The molecule has 0 amide bonds. The maximum absolute atomic E-state index is 12.8. The normalized spacial score (nSPS) is 18.9. The van der Waals surface area contributed by atoms with Crippen LogP contribution in [0, 0.1) is 0 Å². The number of rotatable bonds is 5. The van der Waals surface area contributed by atoms with E-state index in [2.05, 4.69) is 15.2 Å². The van der Waals surface area contributed by atoms with E-state index >= 15 is 0 Å². The summed E-state index contributed by atoms with van der Waals surface area (Å²) in [4.78, 5) is 6.76. The maximum Gasteiger partial charge on any atom is 0.446 e. The van der Waals surface area contributed by atoms with Crippen molar-refractivity contribution in [2.75, 3.05) is 26.7 Å². The lowest BCUT2D eigenvalue weighted by molar-refractivity contribution is -0.0328. The summed E-state index contributed by atoms with van der Waals surface area (Å²) in [6.45, 7) is 2.94. The van der Waals surface area contributed by atoms with Gasteiger partial charge in [-0.1, -0.05) is 6.07 Å². The summed E-state index contributed by atoms with van der Waals surface area (Å²) in [6, 6.07) is 5.05. The summed E-state index contributed by atoms with van der Waals surface area (Å²) in [5.41, 5.74) is -3.53. The Kier molecular flexibility index (Phi) is 5.79. The summed E-state index contributed by atoms with van der Waals surface area (Å²) in [7, 11) is 3.32. The molecular formula is C17H21F3N4OS. The van der Waals surface area contributed by atoms with Crippen LogP contribution in [0.5, 0.6) is 5.75 Å². The Bertz CT molecular complexity index is 750. The van der Waals surface area contributed by atoms with Gasteiger partial charge in [0.15, 0.2) is 0 Å². The Morgan fingerprint density at radius 2 is 2.19 bits per heavy atom. The van der Waals surface area contributed by atoms with Gasteiger partial charge >= 0.3 is 5.51 Å². The number of hydrogen-bond donors (Lipinski definition) is 1. The van der Waals surface area contributed by atoms with Crippen LogP contribution in [0.1, 0.15) is 17.4 Å². The van der Waals surface area contributed by atoms with Gasteiger partial charge < -0.3 is 14.6 Å². The fourth-order valence-electron chi connectivity index (χ4n) is 3.15. The highest BCUT2D eigenvalue weighted by molar-refractivity contribution is 8.00. The standard InChI is InChI=1S/C17H21F3N4OS/c1-23-7-6-22-16(23)13-10-21-5-8-24(13)11-12-3-4-14(25-2)15(9-12)26-17(18,19)20/h3-4,6-7,9,13,21H,5,8,10-11H2,1-2H3. The van der Waals surface area contributed by atoms with Crippen LogP contribution < -0.4 is 10.1 Å². The first-order valence-electron chi connectivity index (χ1n) is 8.22. The van der Waals surface area contributed by atoms with Gasteiger partial charge in [-0.25, -0.2) is 4.98 Å². The molecule has 0 spiro atoms. The lowest BCUT2D eigenvalue weighted by Gasteiger charge is -2.35. The third-order valence-corrected chi connectivity index (χ3v) is 5.12. The number of nitrogens with zero attached hydrogens (tertiary/aromatic N) is 3. The van der Waals surface area contributed by atoms with E-state index in [0.29, 0.717) is 6.54 Å². The van der Waals surface area contributed by atoms with Crippen LogP contribution in [-0.4, -0.2) is 46.7 Å². The van der Waals surface area contributed by atoms with E-state index in [9.17, 15) is 13.2 Å². The third kappa shape index (κ3) is 4.52. The fourth-order valence-corrected chi connectivity index (χ4v) is 3.86. The molecule has 1 saturated heterocycles. The zero-order valence-corrected chi connectivity index (χ0v) is 15.4. The second kappa shape index (κ2) is 7.89. The van der Waals surface area contributed by atoms with E-state index in [0.717, 1.165) is 31.0 Å². The molecule has 9 heteroatoms. The van der Waals surface area contributed by atoms with Crippen molar-refractivity contribution in [3.8, 4) is 5.75 Å². The fraction of sp³-hybridized carbons (Fsp3) is 0.471. The zero-order chi connectivity index (χ0) is 18.7. The Hall–Kier alpha value is -1.71. The van der Waals surface area contributed by atoms with Crippen molar-refractivity contribution in [1.82, 2.24) is 19.8 Å². The van der Waals surface area contributed by atoms with Crippen molar-refractivity contribution in [1.29, 1.82) is 0 Å². The summed E-state index contributed by atoms with van der Waals surface area (Å²) >= 11 is -0.143. The first kappa shape index (κ1) is 19.1. The third-order valence-electron chi connectivity index (χ3n) is 4.35. The Morgan fingerprint density at radius 1 is 1.38 bits per heavy atom. The molecule has 2 heterocycles. The smallest absolute Gasteiger partial charge is 0.446 e. The summed E-state index contributed by atoms with van der Waals surface area (Å²) < 4.78 is 45.5. The second-order valence-electron chi connectivity index (χ2n) is 6.12. The molecular weight excluding hydrogens is 365 g/mol. The molecule has 1 fully saturated rings. The van der Waals surface area contributed by atoms with Crippen LogP contribution in [-0.2, 0) is 13.6 Å². The number of methoxy groups -OCH3 is 1. The van der Waals surface area contributed by atoms with E-state index in [1.807, 2.05) is 23.9 Å². The average Bonchev–Trinajstić information content (AvgIpc) is 3.00. The molecule has 0 bridgehead atoms. The van der Waals surface area contributed by atoms with Crippen molar-refractivity contribution in [3.63, 3.8) is 0 Å². The first-order valence-corrected chi connectivity index (χ1v) is 9.03. The molecule has 1 aliphatic rings. The van der Waals surface area contributed by atoms with Crippen molar-refractivity contribution in [3.05, 3.63) is 42.0 Å². The summed E-state index contributed by atoms with van der Waals surface area (Å²) in [5, 5.41) is 3.36. The van der Waals surface area contributed by atoms with Crippen LogP contribution >= 0.6 is 11.8 Å². The van der Waals surface area contributed by atoms with Crippen LogP contribution in [0.4, 0.5) is 13.2 Å². The van der Waals surface area contributed by atoms with Gasteiger partial charge in [0.1, 0.15) is 11.6 Å². The van der Waals surface area contributed by atoms with Gasteiger partial charge in [0.2, 0.25) is 0 Å². The largest absolute Gasteiger partial charge is 0.496 e. The highest BCUT2D eigenvalue weighted by Gasteiger charge is 2.31. The Labute approximate surface area is 154 Å². The number of hydrogen-bond acceptors (Lipinski definition) is 5. The first-order chi connectivity index (χ1) is 12.4. The zero-order valence-electron chi connectivity index (χ0n) is 14.6. The number of imidazole rings is 1. The molecule has 1 atom stereocenters. The molecule has 5 nitrogen and oxygen atoms in total. The van der Waals surface area contributed by atoms with Gasteiger partial charge in [-0.2, -0.15) is 13.2 Å². The molecule has 2 aromatic rings. The monoisotopic (exact) mass is 386 g/mol. The number of nitrogens with one attached hydrogen (secondary N) is 1. The number of piperazine rings is 1. The minimum atomic E-state index is -4.35. The van der Waals surface area contributed by atoms with Crippen LogP contribution in [0.3, 0.4) is 0 Å². The molecule has 3 rings (SSSR count). The van der Waals surface area contributed by atoms with Gasteiger partial charge in [-0.15, -0.1) is 0 Å². The number of benzene rings is 1. The molecule has 1 N–H and O–H groups in total. The van der Waals surface area contributed by atoms with Gasteiger partial charge in [0.05, 0.1) is 18.0 Å². The summed E-state index contributed by atoms with van der Waals surface area (Å²) in [6.07, 6.45) is 3.65. The Morgan fingerprint density at radius 3 is 2.85 bits per heavy atom. The number of aromatic nitrogens is 2. The van der Waals surface area contributed by atoms with E-state index in [-0.39, 0.29) is 28.4 Å². The minimum Gasteiger partial charge on any atom is -0.496 e. The number of aryl methyl sites for hydroxylation is 1. The molecule has 0 aliphatic carbocycles. The van der Waals surface area contributed by atoms with E-state index in [4.69, 9.17) is 4.74 Å². The van der Waals surface area contributed by atoms with Gasteiger partial charge in [0.25, 0.3) is 0 Å². The van der Waals surface area contributed by atoms with E-state index in [1.165, 1.54) is 7.11 Å². The molecule has 0 saturated carbocycles. The van der Waals surface area contributed by atoms with Crippen LogP contribution in [0.2, 0.25) is 0 Å². The Balaban J connectivity index is 1.82. The van der Waals surface area contributed by atoms with Gasteiger partial charge in [0, 0.05) is 45.6 Å². The number of alkyl halides is 3. The van der Waals surface area contributed by atoms with Gasteiger partial charge in [-0.05, 0) is 29.5 Å². The predicted molar refractivity (Wildman–Crippen MR) is 94.1 cm³/mol. The summed E-state index contributed by atoms with van der Waals surface area (Å²) in [5.74, 6) is 1.17. The highest BCUT2D eigenvalue weighted by atomic mass is 32.2. The van der Waals surface area contributed by atoms with Crippen molar-refractivity contribution in [2.45, 2.75) is 23.0 Å². The molecule has 1 aromatic heterocycles. The minimum absolute atomic E-state index is 0.0737. The van der Waals surface area contributed by atoms with Crippen LogP contribution in [0.25, 0.3) is 0 Å². The molecule has 1 unspecified atom stereocenters. The molecule has 0 radical (unpaired) electrons.